The van der Waals surface area contributed by atoms with Crippen LogP contribution in [0.25, 0.3) is 10.9 Å². The van der Waals surface area contributed by atoms with Crippen LogP contribution < -0.4 is 5.32 Å². The first-order valence-corrected chi connectivity index (χ1v) is 12.8. The van der Waals surface area contributed by atoms with Gasteiger partial charge in [0.25, 0.3) is 5.91 Å². The van der Waals surface area contributed by atoms with Crippen LogP contribution in [0.5, 0.6) is 0 Å². The van der Waals surface area contributed by atoms with E-state index in [2.05, 4.69) is 23.4 Å². The van der Waals surface area contributed by atoms with Crippen LogP contribution in [0.3, 0.4) is 0 Å². The van der Waals surface area contributed by atoms with E-state index in [4.69, 9.17) is 0 Å². The van der Waals surface area contributed by atoms with Crippen LogP contribution in [0.15, 0.2) is 18.2 Å². The number of alkyl halides is 6. The topological polar surface area (TPSA) is 44.9 Å². The second kappa shape index (κ2) is 7.37. The zero-order chi connectivity index (χ0) is 21.6. The smallest absolute Gasteiger partial charge is 0.351 e. The van der Waals surface area contributed by atoms with Crippen molar-refractivity contribution < 1.29 is 31.1 Å². The van der Waals surface area contributed by atoms with Gasteiger partial charge in [-0.2, -0.15) is 26.3 Å². The summed E-state index contributed by atoms with van der Waals surface area (Å²) in [6.07, 6.45) is -7.35. The predicted molar refractivity (Wildman–Crippen MR) is 101 cm³/mol. The van der Waals surface area contributed by atoms with E-state index in [0.717, 1.165) is 37.4 Å². The largest absolute Gasteiger partial charge is 0.417 e. The molecule has 2 heterocycles. The molecule has 1 aromatic carbocycles. The number of carbonyl (C=O) groups excluding carboxylic acids is 1. The van der Waals surface area contributed by atoms with E-state index in [9.17, 15) is 31.1 Å². The molecule has 2 N–H and O–H groups in total. The molecule has 10 heteroatoms. The van der Waals surface area contributed by atoms with Crippen LogP contribution >= 0.6 is 0 Å². The molecule has 1 aliphatic rings. The van der Waals surface area contributed by atoms with Gasteiger partial charge < -0.3 is 10.3 Å². The summed E-state index contributed by atoms with van der Waals surface area (Å²) in [5.41, 5.74) is -3.38. The number of H-pyrrole nitrogens is 1. The molecule has 0 aliphatic carbocycles. The fourth-order valence-corrected chi connectivity index (χ4v) is 6.37. The molecule has 160 valence electrons. The van der Waals surface area contributed by atoms with Gasteiger partial charge in [-0.3, -0.25) is 4.79 Å². The third kappa shape index (κ3) is 4.96. The summed E-state index contributed by atoms with van der Waals surface area (Å²) in [7, 11) is -1.28. The first kappa shape index (κ1) is 21.7. The van der Waals surface area contributed by atoms with Gasteiger partial charge in [0, 0.05) is 25.0 Å². The Bertz CT molecular complexity index is 916. The Morgan fingerprint density at radius 1 is 1.03 bits per heavy atom. The maximum atomic E-state index is 13.3. The summed E-state index contributed by atoms with van der Waals surface area (Å²) in [4.78, 5) is 15.0. The molecule has 3 nitrogen and oxygen atoms in total. The van der Waals surface area contributed by atoms with Gasteiger partial charge >= 0.3 is 12.4 Å². The van der Waals surface area contributed by atoms with E-state index >= 15 is 0 Å². The van der Waals surface area contributed by atoms with Crippen LogP contribution in [0.2, 0.25) is 25.2 Å². The van der Waals surface area contributed by atoms with E-state index in [1.165, 1.54) is 0 Å². The number of fused-ring (bicyclic) bond motifs is 1. The number of rotatable bonds is 2. The fraction of sp³-hybridized carbons (Fsp3) is 0.526. The van der Waals surface area contributed by atoms with Crippen molar-refractivity contribution in [2.75, 3.05) is 0 Å². The van der Waals surface area contributed by atoms with Crippen LogP contribution in [0.4, 0.5) is 26.3 Å². The molecule has 1 amide bonds. The molecule has 1 aromatic heterocycles. The fourth-order valence-electron chi connectivity index (χ4n) is 3.83. The minimum Gasteiger partial charge on any atom is -0.351 e. The van der Waals surface area contributed by atoms with Crippen molar-refractivity contribution in [2.24, 2.45) is 0 Å². The highest BCUT2D eigenvalue weighted by atomic mass is 28.3. The van der Waals surface area contributed by atoms with E-state index in [1.807, 2.05) is 0 Å². The number of benzene rings is 1. The van der Waals surface area contributed by atoms with Crippen LogP contribution in [-0.4, -0.2) is 25.0 Å². The number of aromatic nitrogens is 1. The lowest BCUT2D eigenvalue weighted by Gasteiger charge is -2.19. The van der Waals surface area contributed by atoms with E-state index in [1.54, 1.807) is 0 Å². The molecule has 0 radical (unpaired) electrons. The Hall–Kier alpha value is -1.97. The van der Waals surface area contributed by atoms with Crippen molar-refractivity contribution in [3.8, 4) is 0 Å². The van der Waals surface area contributed by atoms with Crippen molar-refractivity contribution in [1.82, 2.24) is 10.3 Å². The number of hydrogen-bond acceptors (Lipinski definition) is 1. The van der Waals surface area contributed by atoms with Crippen molar-refractivity contribution >= 4 is 24.9 Å². The molecular formula is C19H22F6N2OSi. The highest BCUT2D eigenvalue weighted by molar-refractivity contribution is 6.77. The molecule has 1 fully saturated rings. The molecule has 0 saturated carbocycles. The molecule has 1 aliphatic heterocycles. The molecule has 3 rings (SSSR count). The number of halogens is 6. The van der Waals surface area contributed by atoms with Crippen molar-refractivity contribution in [3.05, 3.63) is 35.0 Å². The van der Waals surface area contributed by atoms with Crippen LogP contribution in [0.1, 0.15) is 40.9 Å². The summed E-state index contributed by atoms with van der Waals surface area (Å²) in [6.45, 7) is 4.57. The third-order valence-corrected chi connectivity index (χ3v) is 8.88. The summed E-state index contributed by atoms with van der Waals surface area (Å²) in [5, 5.41) is 2.37. The number of carbonyl (C=O) groups is 1. The molecule has 1 atom stereocenters. The maximum Gasteiger partial charge on any atom is 0.417 e. The molecule has 1 saturated heterocycles. The molecule has 0 bridgehead atoms. The lowest BCUT2D eigenvalue weighted by atomic mass is 10.0. The summed E-state index contributed by atoms with van der Waals surface area (Å²) in [6, 6.07) is 3.76. The maximum absolute atomic E-state index is 13.3. The average Bonchev–Trinajstić information content (AvgIpc) is 2.93. The Labute approximate surface area is 164 Å². The first-order chi connectivity index (χ1) is 13.3. The lowest BCUT2D eigenvalue weighted by Crippen LogP contribution is -2.35. The SMILES string of the molecule is C[Si]1(C)CCCC(NC(=O)c2cc3c(C(F)(F)F)cc(C(F)(F)F)cc3[nH]2)CC1. The standard InChI is InChI=1S/C19H22F6N2OSi/c1-29(2)6-3-4-12(5-7-29)26-17(28)16-10-13-14(19(23,24)25)8-11(18(20,21)22)9-15(13)27-16/h8-10,12,27H,3-7H2,1-2H3,(H,26,28). The van der Waals surface area contributed by atoms with Crippen molar-refractivity contribution in [2.45, 2.75) is 62.8 Å². The molecule has 1 unspecified atom stereocenters. The van der Waals surface area contributed by atoms with E-state index in [-0.39, 0.29) is 23.3 Å². The second-order valence-corrected chi connectivity index (χ2v) is 13.8. The molecule has 2 aromatic rings. The number of hydrogen-bond donors (Lipinski definition) is 2. The van der Waals surface area contributed by atoms with E-state index in [0.29, 0.717) is 6.07 Å². The summed E-state index contributed by atoms with van der Waals surface area (Å²) < 4.78 is 78.9. The van der Waals surface area contributed by atoms with E-state index < -0.39 is 42.8 Å². The molecular weight excluding hydrogens is 414 g/mol. The predicted octanol–water partition coefficient (Wildman–Crippen LogP) is 6.20. The highest BCUT2D eigenvalue weighted by Crippen LogP contribution is 2.40. The quantitative estimate of drug-likeness (QED) is 0.428. The van der Waals surface area contributed by atoms with Gasteiger partial charge in [0.2, 0.25) is 0 Å². The van der Waals surface area contributed by atoms with Gasteiger partial charge in [-0.05, 0) is 31.0 Å². The van der Waals surface area contributed by atoms with Crippen molar-refractivity contribution in [3.63, 3.8) is 0 Å². The Morgan fingerprint density at radius 2 is 1.72 bits per heavy atom. The Morgan fingerprint density at radius 3 is 2.34 bits per heavy atom. The Balaban J connectivity index is 1.91. The third-order valence-electron chi connectivity index (χ3n) is 5.53. The van der Waals surface area contributed by atoms with Crippen LogP contribution in [-0.2, 0) is 12.4 Å². The number of amides is 1. The van der Waals surface area contributed by atoms with Gasteiger partial charge in [0.15, 0.2) is 0 Å². The van der Waals surface area contributed by atoms with Gasteiger partial charge in [-0.25, -0.2) is 0 Å². The van der Waals surface area contributed by atoms with Gasteiger partial charge in [-0.1, -0.05) is 31.6 Å². The van der Waals surface area contributed by atoms with Gasteiger partial charge in [0.05, 0.1) is 11.1 Å². The molecule has 0 spiro atoms. The monoisotopic (exact) mass is 436 g/mol. The average molecular weight is 436 g/mol. The lowest BCUT2D eigenvalue weighted by molar-refractivity contribution is -0.142. The van der Waals surface area contributed by atoms with Gasteiger partial charge in [-0.15, -0.1) is 0 Å². The molecule has 29 heavy (non-hydrogen) atoms. The number of aromatic amines is 1. The summed E-state index contributed by atoms with van der Waals surface area (Å²) in [5.74, 6) is -0.603. The number of nitrogens with one attached hydrogen (secondary N) is 2. The highest BCUT2D eigenvalue weighted by Gasteiger charge is 2.38. The second-order valence-electron chi connectivity index (χ2n) is 8.43. The zero-order valence-corrected chi connectivity index (χ0v) is 17.0. The normalized spacial score (nSPS) is 20.5. The van der Waals surface area contributed by atoms with Crippen LogP contribution in [0, 0.1) is 0 Å². The minimum absolute atomic E-state index is 0.0792. The first-order valence-electron chi connectivity index (χ1n) is 9.38. The van der Waals surface area contributed by atoms with Crippen molar-refractivity contribution in [1.29, 1.82) is 0 Å². The zero-order valence-electron chi connectivity index (χ0n) is 16.0. The Kier molecular flexibility index (Phi) is 5.52. The summed E-state index contributed by atoms with van der Waals surface area (Å²) >= 11 is 0. The minimum atomic E-state index is -4.98. The van der Waals surface area contributed by atoms with Gasteiger partial charge in [0.1, 0.15) is 5.69 Å².